The van der Waals surface area contributed by atoms with Crippen molar-refractivity contribution in [3.63, 3.8) is 0 Å². The maximum absolute atomic E-state index is 13.5. The number of nitrogens with zero attached hydrogens (tertiary/aromatic N) is 3. The molecule has 154 valence electrons. The van der Waals surface area contributed by atoms with Crippen molar-refractivity contribution in [2.75, 3.05) is 18.5 Å². The number of amides is 1. The van der Waals surface area contributed by atoms with Gasteiger partial charge in [-0.15, -0.1) is 0 Å². The van der Waals surface area contributed by atoms with Gasteiger partial charge >= 0.3 is 0 Å². The van der Waals surface area contributed by atoms with Gasteiger partial charge in [0.1, 0.15) is 6.17 Å². The van der Waals surface area contributed by atoms with Crippen LogP contribution >= 0.6 is 0 Å². The monoisotopic (exact) mass is 402 g/mol. The molecule has 1 N–H and O–H groups in total. The maximum atomic E-state index is 13.5. The average Bonchev–Trinajstić information content (AvgIpc) is 3.38. The van der Waals surface area contributed by atoms with Crippen molar-refractivity contribution >= 4 is 11.6 Å². The third-order valence-corrected chi connectivity index (χ3v) is 6.07. The van der Waals surface area contributed by atoms with Gasteiger partial charge in [0.25, 0.3) is 5.91 Å². The lowest BCUT2D eigenvalue weighted by atomic mass is 10.0. The molecule has 6 nitrogen and oxygen atoms in total. The number of ether oxygens (including phenoxy) is 1. The summed E-state index contributed by atoms with van der Waals surface area (Å²) in [5.41, 5.74) is 5.57. The summed E-state index contributed by atoms with van der Waals surface area (Å²) < 4.78 is 7.83. The molecule has 6 heteroatoms. The second-order valence-corrected chi connectivity index (χ2v) is 8.02. The number of aromatic nitrogens is 2. The van der Waals surface area contributed by atoms with E-state index in [9.17, 15) is 4.79 Å². The molecule has 2 aliphatic rings. The Hall–Kier alpha value is -3.12. The van der Waals surface area contributed by atoms with Gasteiger partial charge < -0.3 is 15.0 Å². The smallest absolute Gasteiger partial charge is 0.257 e. The molecule has 5 rings (SSSR count). The molecule has 0 aliphatic carbocycles. The summed E-state index contributed by atoms with van der Waals surface area (Å²) in [4.78, 5) is 15.4. The fraction of sp³-hybridized carbons (Fsp3) is 0.333. The van der Waals surface area contributed by atoms with Gasteiger partial charge in [0.2, 0.25) is 0 Å². The SMILES string of the molecule is Cc1nn(-c2ccccc2)c(C)c1C1Nc2ccccc2C(=O)N1CC1CCCO1. The molecule has 0 bridgehead atoms. The maximum Gasteiger partial charge on any atom is 0.257 e. The highest BCUT2D eigenvalue weighted by Crippen LogP contribution is 2.37. The van der Waals surface area contributed by atoms with Crippen LogP contribution in [0.1, 0.15) is 46.3 Å². The standard InChI is InChI=1S/C24H26N4O2/c1-16-22(17(2)28(26-16)18-9-4-3-5-10-18)23-25-21-13-7-6-12-20(21)24(29)27(23)15-19-11-8-14-30-19/h3-7,9-10,12-13,19,23,25H,8,11,14-15H2,1-2H3. The Labute approximate surface area is 176 Å². The van der Waals surface area contributed by atoms with Crippen molar-refractivity contribution in [1.82, 2.24) is 14.7 Å². The zero-order valence-electron chi connectivity index (χ0n) is 17.3. The van der Waals surface area contributed by atoms with E-state index in [0.29, 0.717) is 12.1 Å². The molecule has 2 aliphatic heterocycles. The molecule has 2 aromatic carbocycles. The average molecular weight is 402 g/mol. The zero-order chi connectivity index (χ0) is 20.7. The molecule has 0 saturated carbocycles. The fourth-order valence-electron chi connectivity index (χ4n) is 4.59. The first-order chi connectivity index (χ1) is 14.6. The number of hydrogen-bond acceptors (Lipinski definition) is 4. The van der Waals surface area contributed by atoms with Gasteiger partial charge in [-0.25, -0.2) is 4.68 Å². The van der Waals surface area contributed by atoms with Crippen LogP contribution in [0, 0.1) is 13.8 Å². The fourth-order valence-corrected chi connectivity index (χ4v) is 4.59. The van der Waals surface area contributed by atoms with E-state index < -0.39 is 0 Å². The molecule has 1 amide bonds. The van der Waals surface area contributed by atoms with Gasteiger partial charge in [-0.2, -0.15) is 5.10 Å². The Balaban J connectivity index is 1.59. The Morgan fingerprint density at radius 3 is 2.63 bits per heavy atom. The number of aryl methyl sites for hydroxylation is 1. The molecular formula is C24H26N4O2. The molecule has 3 aromatic rings. The summed E-state index contributed by atoms with van der Waals surface area (Å²) >= 11 is 0. The van der Waals surface area contributed by atoms with E-state index in [0.717, 1.165) is 47.8 Å². The Kier molecular flexibility index (Phi) is 4.79. The van der Waals surface area contributed by atoms with Gasteiger partial charge in [-0.05, 0) is 51.0 Å². The molecule has 1 fully saturated rings. The normalized spacial score (nSPS) is 20.9. The topological polar surface area (TPSA) is 59.4 Å². The van der Waals surface area contributed by atoms with Crippen molar-refractivity contribution in [3.05, 3.63) is 77.1 Å². The summed E-state index contributed by atoms with van der Waals surface area (Å²) in [5.74, 6) is 0.0381. The number of carbonyl (C=O) groups is 1. The molecule has 2 unspecified atom stereocenters. The molecule has 30 heavy (non-hydrogen) atoms. The van der Waals surface area contributed by atoms with Gasteiger partial charge in [-0.1, -0.05) is 30.3 Å². The van der Waals surface area contributed by atoms with Crippen LogP contribution in [0.4, 0.5) is 5.69 Å². The zero-order valence-corrected chi connectivity index (χ0v) is 17.3. The van der Waals surface area contributed by atoms with E-state index in [1.807, 2.05) is 71.1 Å². The van der Waals surface area contributed by atoms with Crippen LogP contribution in [-0.4, -0.2) is 39.8 Å². The summed E-state index contributed by atoms with van der Waals surface area (Å²) in [7, 11) is 0. The van der Waals surface area contributed by atoms with E-state index >= 15 is 0 Å². The van der Waals surface area contributed by atoms with Crippen LogP contribution in [0.25, 0.3) is 5.69 Å². The van der Waals surface area contributed by atoms with Crippen molar-refractivity contribution in [2.24, 2.45) is 0 Å². The van der Waals surface area contributed by atoms with Crippen LogP contribution in [0.5, 0.6) is 0 Å². The first kappa shape index (κ1) is 18.9. The van der Waals surface area contributed by atoms with Crippen molar-refractivity contribution in [3.8, 4) is 5.69 Å². The van der Waals surface area contributed by atoms with Crippen molar-refractivity contribution in [1.29, 1.82) is 0 Å². The van der Waals surface area contributed by atoms with E-state index in [1.54, 1.807) is 0 Å². The van der Waals surface area contributed by atoms with Crippen LogP contribution in [0.2, 0.25) is 0 Å². The molecule has 2 atom stereocenters. The minimum Gasteiger partial charge on any atom is -0.376 e. The lowest BCUT2D eigenvalue weighted by Gasteiger charge is -2.39. The van der Waals surface area contributed by atoms with Crippen LogP contribution in [0.15, 0.2) is 54.6 Å². The van der Waals surface area contributed by atoms with Crippen LogP contribution < -0.4 is 5.32 Å². The quantitative estimate of drug-likeness (QED) is 0.709. The van der Waals surface area contributed by atoms with Gasteiger partial charge in [-0.3, -0.25) is 4.79 Å². The minimum atomic E-state index is -0.283. The number of fused-ring (bicyclic) bond motifs is 1. The van der Waals surface area contributed by atoms with Gasteiger partial charge in [0, 0.05) is 30.1 Å². The van der Waals surface area contributed by atoms with Crippen LogP contribution in [0.3, 0.4) is 0 Å². The number of hydrogen-bond donors (Lipinski definition) is 1. The lowest BCUT2D eigenvalue weighted by Crippen LogP contribution is -2.46. The van der Waals surface area contributed by atoms with Crippen molar-refractivity contribution in [2.45, 2.75) is 39.0 Å². The third kappa shape index (κ3) is 3.17. The van der Waals surface area contributed by atoms with Gasteiger partial charge in [0.15, 0.2) is 0 Å². The highest BCUT2D eigenvalue weighted by molar-refractivity contribution is 6.01. The molecule has 0 spiro atoms. The van der Waals surface area contributed by atoms with E-state index in [4.69, 9.17) is 9.84 Å². The first-order valence-electron chi connectivity index (χ1n) is 10.5. The number of nitrogens with one attached hydrogen (secondary N) is 1. The summed E-state index contributed by atoms with van der Waals surface area (Å²) in [6.45, 7) is 5.42. The number of anilines is 1. The van der Waals surface area contributed by atoms with E-state index in [2.05, 4.69) is 12.2 Å². The predicted octanol–water partition coefficient (Wildman–Crippen LogP) is 4.23. The van der Waals surface area contributed by atoms with E-state index in [1.165, 1.54) is 0 Å². The summed E-state index contributed by atoms with van der Waals surface area (Å²) in [6.07, 6.45) is 1.83. The molecule has 3 heterocycles. The molecule has 1 aromatic heterocycles. The number of para-hydroxylation sites is 2. The Morgan fingerprint density at radius 1 is 1.10 bits per heavy atom. The summed E-state index contributed by atoms with van der Waals surface area (Å²) in [5, 5.41) is 8.42. The minimum absolute atomic E-state index is 0.0381. The second kappa shape index (κ2) is 7.61. The summed E-state index contributed by atoms with van der Waals surface area (Å²) in [6, 6.07) is 17.8. The number of benzene rings is 2. The highest BCUT2D eigenvalue weighted by atomic mass is 16.5. The highest BCUT2D eigenvalue weighted by Gasteiger charge is 2.37. The number of carbonyl (C=O) groups excluding carboxylic acids is 1. The largest absolute Gasteiger partial charge is 0.376 e. The number of rotatable bonds is 4. The molecule has 1 saturated heterocycles. The molecular weight excluding hydrogens is 376 g/mol. The first-order valence-corrected chi connectivity index (χ1v) is 10.5. The predicted molar refractivity (Wildman–Crippen MR) is 116 cm³/mol. The third-order valence-electron chi connectivity index (χ3n) is 6.07. The van der Waals surface area contributed by atoms with E-state index in [-0.39, 0.29) is 18.2 Å². The van der Waals surface area contributed by atoms with Gasteiger partial charge in [0.05, 0.1) is 23.0 Å². The Bertz CT molecular complexity index is 1070. The Morgan fingerprint density at radius 2 is 1.87 bits per heavy atom. The van der Waals surface area contributed by atoms with Crippen LogP contribution in [-0.2, 0) is 4.74 Å². The lowest BCUT2D eigenvalue weighted by molar-refractivity contribution is 0.0426. The van der Waals surface area contributed by atoms with Crippen molar-refractivity contribution < 1.29 is 9.53 Å². The molecule has 0 radical (unpaired) electrons. The second-order valence-electron chi connectivity index (χ2n) is 8.02.